The lowest BCUT2D eigenvalue weighted by Crippen LogP contribution is -2.57. The number of hydrogen-bond donors (Lipinski definition) is 1. The molecule has 0 spiro atoms. The lowest BCUT2D eigenvalue weighted by atomic mass is 10.1. The van der Waals surface area contributed by atoms with Crippen LogP contribution in [0.1, 0.15) is 49.9 Å². The van der Waals surface area contributed by atoms with E-state index < -0.39 is 0 Å². The van der Waals surface area contributed by atoms with Gasteiger partial charge in [-0.05, 0) is 74.2 Å². The molecule has 0 saturated carbocycles. The maximum absolute atomic E-state index is 12.5. The number of halogens is 1. The Labute approximate surface area is 355 Å². The summed E-state index contributed by atoms with van der Waals surface area (Å²) in [5.41, 5.74) is 8.16. The van der Waals surface area contributed by atoms with Gasteiger partial charge in [-0.2, -0.15) is 0 Å². The average Bonchev–Trinajstić information content (AvgIpc) is 3.26. The Kier molecular flexibility index (Phi) is 15.7. The number of carbonyl (C=O) groups is 2. The molecule has 8 rings (SSSR count). The van der Waals surface area contributed by atoms with E-state index in [0.717, 1.165) is 45.1 Å². The third-order valence-electron chi connectivity index (χ3n) is 10.2. The van der Waals surface area contributed by atoms with E-state index >= 15 is 0 Å². The Morgan fingerprint density at radius 1 is 0.576 bits per heavy atom. The Morgan fingerprint density at radius 2 is 1.00 bits per heavy atom. The standard InChI is InChI=1S/C23H26N4O2.C14H20N2O2.C9H7BrN2/c1-17-13-26(23(28)29-16-19-6-4-3-5-7-19)14-18(2)27(17)15-20-8-9-21-22(12-20)25-11-10-24-21;1-11-8-16(9-12(2)15-11)14(17)18-10-13-6-4-3-5-7-13;10-6-7-1-2-8-9(5-7)12-4-3-11-8/h3-12,17-18H,13-16H2,1-2H3;3-7,11-12,15H,8-10H2,1-2H3;1-5H,6H2/t17-,18-;11-,12-;/m00./s1. The van der Waals surface area contributed by atoms with Crippen LogP contribution in [0.15, 0.2) is 122 Å². The second kappa shape index (κ2) is 21.5. The van der Waals surface area contributed by atoms with Gasteiger partial charge in [-0.3, -0.25) is 24.8 Å². The highest BCUT2D eigenvalue weighted by Crippen LogP contribution is 2.22. The molecule has 2 aromatic heterocycles. The summed E-state index contributed by atoms with van der Waals surface area (Å²) in [6.45, 7) is 12.7. The van der Waals surface area contributed by atoms with Crippen LogP contribution in [0, 0.1) is 0 Å². The van der Waals surface area contributed by atoms with Crippen molar-refractivity contribution in [2.45, 2.75) is 77.0 Å². The van der Waals surface area contributed by atoms with Crippen LogP contribution in [0.4, 0.5) is 9.59 Å². The molecule has 2 aliphatic heterocycles. The number of fused-ring (bicyclic) bond motifs is 2. The lowest BCUT2D eigenvalue weighted by molar-refractivity contribution is 0.0210. The van der Waals surface area contributed by atoms with Crippen molar-refractivity contribution in [3.8, 4) is 0 Å². The number of piperazine rings is 2. The Hall–Kier alpha value is -5.50. The number of nitrogens with zero attached hydrogens (tertiary/aromatic N) is 7. The van der Waals surface area contributed by atoms with E-state index in [1.54, 1.807) is 29.7 Å². The fraction of sp³-hybridized carbons (Fsp3) is 0.348. The molecule has 4 atom stereocenters. The number of nitrogens with one attached hydrogen (secondary N) is 1. The van der Waals surface area contributed by atoms with Gasteiger partial charge in [-0.25, -0.2) is 9.59 Å². The highest BCUT2D eigenvalue weighted by atomic mass is 79.9. The Balaban J connectivity index is 0.000000165. The average molecular weight is 862 g/mol. The summed E-state index contributed by atoms with van der Waals surface area (Å²) in [5.74, 6) is 0. The molecular formula is C46H53BrN8O4. The largest absolute Gasteiger partial charge is 0.445 e. The van der Waals surface area contributed by atoms with E-state index in [1.807, 2.05) is 89.8 Å². The van der Waals surface area contributed by atoms with Crippen LogP contribution in [-0.2, 0) is 34.6 Å². The summed E-state index contributed by atoms with van der Waals surface area (Å²) in [7, 11) is 0. The number of alkyl halides is 1. The molecule has 59 heavy (non-hydrogen) atoms. The number of amides is 2. The van der Waals surface area contributed by atoms with Crippen LogP contribution in [0.25, 0.3) is 22.1 Å². The van der Waals surface area contributed by atoms with E-state index in [2.05, 4.69) is 85.9 Å². The highest BCUT2D eigenvalue weighted by molar-refractivity contribution is 9.08. The second-order valence-electron chi connectivity index (χ2n) is 15.1. The number of ether oxygens (including phenoxy) is 2. The number of rotatable bonds is 7. The summed E-state index contributed by atoms with van der Waals surface area (Å²) in [6.07, 6.45) is 6.38. The maximum Gasteiger partial charge on any atom is 0.410 e. The number of aromatic nitrogens is 4. The fourth-order valence-corrected chi connectivity index (χ4v) is 7.67. The number of carbonyl (C=O) groups excluding carboxylic acids is 2. The van der Waals surface area contributed by atoms with Crippen molar-refractivity contribution in [2.24, 2.45) is 0 Å². The van der Waals surface area contributed by atoms with Crippen molar-refractivity contribution in [3.05, 3.63) is 144 Å². The minimum Gasteiger partial charge on any atom is -0.445 e. The molecule has 0 unspecified atom stereocenters. The van der Waals surface area contributed by atoms with Gasteiger partial charge in [0, 0.05) is 87.0 Å². The molecule has 1 N–H and O–H groups in total. The van der Waals surface area contributed by atoms with Gasteiger partial charge in [0.15, 0.2) is 0 Å². The first-order valence-electron chi connectivity index (χ1n) is 20.0. The van der Waals surface area contributed by atoms with Crippen molar-refractivity contribution in [3.63, 3.8) is 0 Å². The molecular weight excluding hydrogens is 808 g/mol. The first-order chi connectivity index (χ1) is 28.6. The van der Waals surface area contributed by atoms with Crippen LogP contribution >= 0.6 is 15.9 Å². The minimum absolute atomic E-state index is 0.223. The van der Waals surface area contributed by atoms with Gasteiger partial charge in [0.1, 0.15) is 13.2 Å². The van der Waals surface area contributed by atoms with Crippen molar-refractivity contribution >= 4 is 50.2 Å². The summed E-state index contributed by atoms with van der Waals surface area (Å²) in [5, 5.41) is 4.25. The summed E-state index contributed by atoms with van der Waals surface area (Å²) in [6, 6.07) is 32.9. The monoisotopic (exact) mass is 860 g/mol. The van der Waals surface area contributed by atoms with E-state index in [4.69, 9.17) is 9.47 Å². The van der Waals surface area contributed by atoms with E-state index in [1.165, 1.54) is 11.1 Å². The van der Waals surface area contributed by atoms with Gasteiger partial charge in [-0.15, -0.1) is 0 Å². The number of benzene rings is 4. The van der Waals surface area contributed by atoms with Crippen LogP contribution in [0.3, 0.4) is 0 Å². The molecule has 12 nitrogen and oxygen atoms in total. The first-order valence-corrected chi connectivity index (χ1v) is 21.2. The topological polar surface area (TPSA) is 126 Å². The van der Waals surface area contributed by atoms with Gasteiger partial charge in [0.05, 0.1) is 22.1 Å². The summed E-state index contributed by atoms with van der Waals surface area (Å²) >= 11 is 3.40. The molecule has 2 fully saturated rings. The van der Waals surface area contributed by atoms with Crippen LogP contribution < -0.4 is 5.32 Å². The summed E-state index contributed by atoms with van der Waals surface area (Å²) < 4.78 is 10.8. The Morgan fingerprint density at radius 3 is 1.47 bits per heavy atom. The number of hydrogen-bond acceptors (Lipinski definition) is 10. The minimum atomic E-state index is -0.242. The zero-order chi connectivity index (χ0) is 41.6. The molecule has 2 amide bonds. The van der Waals surface area contributed by atoms with Gasteiger partial charge >= 0.3 is 12.2 Å². The molecule has 4 aromatic carbocycles. The van der Waals surface area contributed by atoms with E-state index in [9.17, 15) is 9.59 Å². The molecule has 13 heteroatoms. The second-order valence-corrected chi connectivity index (χ2v) is 15.7. The van der Waals surface area contributed by atoms with Crippen molar-refractivity contribution in [1.29, 1.82) is 0 Å². The molecule has 0 radical (unpaired) electrons. The van der Waals surface area contributed by atoms with Gasteiger partial charge in [0.2, 0.25) is 0 Å². The molecule has 0 aliphatic carbocycles. The fourth-order valence-electron chi connectivity index (χ4n) is 7.32. The Bertz CT molecular complexity index is 2230. The van der Waals surface area contributed by atoms with Crippen molar-refractivity contribution in [1.82, 2.24) is 40.0 Å². The third-order valence-corrected chi connectivity index (χ3v) is 10.8. The zero-order valence-corrected chi connectivity index (χ0v) is 35.7. The van der Waals surface area contributed by atoms with Crippen molar-refractivity contribution < 1.29 is 19.1 Å². The van der Waals surface area contributed by atoms with Gasteiger partial charge in [0.25, 0.3) is 0 Å². The third kappa shape index (κ3) is 12.7. The SMILES string of the molecule is BrCc1ccc2nccnc2c1.C[C@H]1CN(C(=O)OCc2ccccc2)C[C@H](C)N1.C[C@H]1CN(C(=O)OCc2ccccc2)C[C@H](C)N1Cc1ccc2nccnc2c1. The van der Waals surface area contributed by atoms with Gasteiger partial charge in [-0.1, -0.05) is 88.7 Å². The molecule has 6 aromatic rings. The van der Waals surface area contributed by atoms with E-state index in [0.29, 0.717) is 51.5 Å². The molecule has 2 aliphatic rings. The molecule has 308 valence electrons. The maximum atomic E-state index is 12.5. The summed E-state index contributed by atoms with van der Waals surface area (Å²) in [4.78, 5) is 47.6. The molecule has 2 saturated heterocycles. The predicted molar refractivity (Wildman–Crippen MR) is 235 cm³/mol. The first kappa shape index (κ1) is 43.1. The normalized spacial score (nSPS) is 19.2. The van der Waals surface area contributed by atoms with Crippen molar-refractivity contribution in [2.75, 3.05) is 26.2 Å². The highest BCUT2D eigenvalue weighted by Gasteiger charge is 2.32. The molecule has 0 bridgehead atoms. The lowest BCUT2D eigenvalue weighted by Gasteiger charge is -2.44. The smallest absolute Gasteiger partial charge is 0.410 e. The van der Waals surface area contributed by atoms with Crippen LogP contribution in [-0.4, -0.2) is 97.2 Å². The zero-order valence-electron chi connectivity index (χ0n) is 34.2. The van der Waals surface area contributed by atoms with Crippen LogP contribution in [0.2, 0.25) is 0 Å². The quantitative estimate of drug-likeness (QED) is 0.157. The van der Waals surface area contributed by atoms with E-state index in [-0.39, 0.29) is 24.3 Å². The predicted octanol–water partition coefficient (Wildman–Crippen LogP) is 8.39. The van der Waals surface area contributed by atoms with Crippen LogP contribution in [0.5, 0.6) is 0 Å². The molecule has 4 heterocycles. The van der Waals surface area contributed by atoms with Gasteiger partial charge < -0.3 is 24.6 Å².